The molecule has 1 amide bonds. The summed E-state index contributed by atoms with van der Waals surface area (Å²) in [6, 6.07) is 9.52. The number of benzene rings is 2. The molecule has 0 aromatic heterocycles. The number of ether oxygens (including phenoxy) is 4. The van der Waals surface area contributed by atoms with Gasteiger partial charge in [0.25, 0.3) is 5.91 Å². The Morgan fingerprint density at radius 1 is 1.11 bits per heavy atom. The molecule has 0 spiro atoms. The molecule has 0 radical (unpaired) electrons. The summed E-state index contributed by atoms with van der Waals surface area (Å²) < 4.78 is 33.8. The van der Waals surface area contributed by atoms with Gasteiger partial charge in [-0.25, -0.2) is 4.39 Å². The van der Waals surface area contributed by atoms with Gasteiger partial charge in [0.15, 0.2) is 29.7 Å². The Kier molecular flexibility index (Phi) is 5.75. The predicted octanol–water partition coefficient (Wildman–Crippen LogP) is 1.97. The number of nitrogens with one attached hydrogen (secondary N) is 1. The maximum absolute atomic E-state index is 13.6. The van der Waals surface area contributed by atoms with Crippen molar-refractivity contribution in [2.75, 3.05) is 20.5 Å². The minimum absolute atomic E-state index is 0.0926. The Bertz CT molecular complexity index is 854. The molecule has 142 valence electrons. The zero-order valence-electron chi connectivity index (χ0n) is 14.6. The molecule has 3 rings (SSSR count). The number of fused-ring (bicyclic) bond motifs is 1. The van der Waals surface area contributed by atoms with Crippen LogP contribution in [0.5, 0.6) is 17.2 Å². The van der Waals surface area contributed by atoms with Crippen LogP contribution in [0.1, 0.15) is 11.1 Å². The fraction of sp³-hybridized carbons (Fsp3) is 0.263. The molecule has 1 heterocycles. The molecule has 27 heavy (non-hydrogen) atoms. The Morgan fingerprint density at radius 3 is 2.67 bits per heavy atom. The average Bonchev–Trinajstić information content (AvgIpc) is 3.12. The van der Waals surface area contributed by atoms with Gasteiger partial charge in [-0.2, -0.15) is 0 Å². The van der Waals surface area contributed by atoms with E-state index in [1.807, 2.05) is 0 Å². The standard InChI is InChI=1S/C19H18FNO6/c1-24-15-4-2-12(6-14(15)20)8-19(23)25-10-18(22)21-9-13-3-5-16-17(7-13)27-11-26-16/h2-7H,8-11H2,1H3,(H,21,22). The number of carbonyl (C=O) groups excluding carboxylic acids is 2. The van der Waals surface area contributed by atoms with E-state index in [-0.39, 0.29) is 25.5 Å². The molecule has 2 aromatic carbocycles. The van der Waals surface area contributed by atoms with Crippen LogP contribution in [0.2, 0.25) is 0 Å². The van der Waals surface area contributed by atoms with Crippen molar-refractivity contribution in [2.45, 2.75) is 13.0 Å². The van der Waals surface area contributed by atoms with Crippen LogP contribution in [0.3, 0.4) is 0 Å². The second kappa shape index (κ2) is 8.39. The topological polar surface area (TPSA) is 83.1 Å². The first kappa shape index (κ1) is 18.5. The van der Waals surface area contributed by atoms with E-state index < -0.39 is 24.3 Å². The summed E-state index contributed by atoms with van der Waals surface area (Å²) >= 11 is 0. The molecule has 0 fully saturated rings. The molecule has 1 aliphatic rings. The lowest BCUT2D eigenvalue weighted by Crippen LogP contribution is -2.28. The lowest BCUT2D eigenvalue weighted by molar-refractivity contribution is -0.147. The first-order valence-corrected chi connectivity index (χ1v) is 8.18. The second-order valence-corrected chi connectivity index (χ2v) is 5.77. The van der Waals surface area contributed by atoms with E-state index in [0.29, 0.717) is 17.1 Å². The van der Waals surface area contributed by atoms with E-state index in [4.69, 9.17) is 18.9 Å². The van der Waals surface area contributed by atoms with Gasteiger partial charge in [0.2, 0.25) is 6.79 Å². The van der Waals surface area contributed by atoms with Crippen molar-refractivity contribution in [2.24, 2.45) is 0 Å². The smallest absolute Gasteiger partial charge is 0.310 e. The van der Waals surface area contributed by atoms with Crippen molar-refractivity contribution in [3.63, 3.8) is 0 Å². The van der Waals surface area contributed by atoms with Crippen LogP contribution >= 0.6 is 0 Å². The molecule has 7 nitrogen and oxygen atoms in total. The van der Waals surface area contributed by atoms with Crippen molar-refractivity contribution in [3.8, 4) is 17.2 Å². The van der Waals surface area contributed by atoms with Gasteiger partial charge in [0, 0.05) is 6.54 Å². The molecule has 2 aromatic rings. The van der Waals surface area contributed by atoms with Gasteiger partial charge in [0.1, 0.15) is 0 Å². The molecule has 0 bridgehead atoms. The summed E-state index contributed by atoms with van der Waals surface area (Å²) in [6.07, 6.45) is -0.143. The second-order valence-electron chi connectivity index (χ2n) is 5.77. The van der Waals surface area contributed by atoms with E-state index in [0.717, 1.165) is 5.56 Å². The van der Waals surface area contributed by atoms with Gasteiger partial charge < -0.3 is 24.3 Å². The summed E-state index contributed by atoms with van der Waals surface area (Å²) in [4.78, 5) is 23.6. The van der Waals surface area contributed by atoms with E-state index in [9.17, 15) is 14.0 Å². The number of carbonyl (C=O) groups is 2. The predicted molar refractivity (Wildman–Crippen MR) is 92.0 cm³/mol. The summed E-state index contributed by atoms with van der Waals surface area (Å²) in [5, 5.41) is 2.64. The van der Waals surface area contributed by atoms with Crippen LogP contribution < -0.4 is 19.5 Å². The summed E-state index contributed by atoms with van der Waals surface area (Å²) in [5.74, 6) is -0.257. The highest BCUT2D eigenvalue weighted by Gasteiger charge is 2.14. The lowest BCUT2D eigenvalue weighted by Gasteiger charge is -2.08. The number of methoxy groups -OCH3 is 1. The maximum atomic E-state index is 13.6. The van der Waals surface area contributed by atoms with Crippen LogP contribution in [-0.2, 0) is 27.3 Å². The number of hydrogen-bond donors (Lipinski definition) is 1. The van der Waals surface area contributed by atoms with Crippen molar-refractivity contribution in [1.82, 2.24) is 5.32 Å². The largest absolute Gasteiger partial charge is 0.494 e. The van der Waals surface area contributed by atoms with Crippen LogP contribution in [0.4, 0.5) is 4.39 Å². The minimum Gasteiger partial charge on any atom is -0.494 e. The average molecular weight is 375 g/mol. The molecule has 0 atom stereocenters. The van der Waals surface area contributed by atoms with Crippen LogP contribution in [0, 0.1) is 5.82 Å². The maximum Gasteiger partial charge on any atom is 0.310 e. The fourth-order valence-electron chi connectivity index (χ4n) is 2.49. The third-order valence-electron chi connectivity index (χ3n) is 3.86. The molecule has 0 unspecified atom stereocenters. The number of halogens is 1. The number of amides is 1. The van der Waals surface area contributed by atoms with Gasteiger partial charge >= 0.3 is 5.97 Å². The number of rotatable bonds is 7. The van der Waals surface area contributed by atoms with Crippen LogP contribution in [0.25, 0.3) is 0 Å². The SMILES string of the molecule is COc1ccc(CC(=O)OCC(=O)NCc2ccc3c(c2)OCO3)cc1F. The Labute approximate surface area is 155 Å². The highest BCUT2D eigenvalue weighted by atomic mass is 19.1. The van der Waals surface area contributed by atoms with Gasteiger partial charge in [-0.15, -0.1) is 0 Å². The normalized spacial score (nSPS) is 11.8. The van der Waals surface area contributed by atoms with Gasteiger partial charge in [-0.05, 0) is 35.4 Å². The highest BCUT2D eigenvalue weighted by Crippen LogP contribution is 2.32. The molecule has 1 aliphatic heterocycles. The van der Waals surface area contributed by atoms with E-state index >= 15 is 0 Å². The van der Waals surface area contributed by atoms with Crippen molar-refractivity contribution in [1.29, 1.82) is 0 Å². The number of esters is 1. The third kappa shape index (κ3) is 4.87. The van der Waals surface area contributed by atoms with E-state index in [1.165, 1.54) is 19.2 Å². The Hall–Kier alpha value is -3.29. The van der Waals surface area contributed by atoms with Crippen LogP contribution in [0.15, 0.2) is 36.4 Å². The fourth-order valence-corrected chi connectivity index (χ4v) is 2.49. The van der Waals surface area contributed by atoms with Crippen LogP contribution in [-0.4, -0.2) is 32.4 Å². The zero-order valence-corrected chi connectivity index (χ0v) is 14.6. The number of hydrogen-bond acceptors (Lipinski definition) is 6. The summed E-state index contributed by atoms with van der Waals surface area (Å²) in [7, 11) is 1.36. The molecular formula is C19H18FNO6. The van der Waals surface area contributed by atoms with Gasteiger partial charge in [-0.1, -0.05) is 12.1 Å². The highest BCUT2D eigenvalue weighted by molar-refractivity contribution is 5.81. The third-order valence-corrected chi connectivity index (χ3v) is 3.86. The zero-order chi connectivity index (χ0) is 19.2. The molecule has 0 saturated heterocycles. The molecular weight excluding hydrogens is 357 g/mol. The Balaban J connectivity index is 1.42. The summed E-state index contributed by atoms with van der Waals surface area (Å²) in [5.41, 5.74) is 1.26. The monoisotopic (exact) mass is 375 g/mol. The van der Waals surface area contributed by atoms with Gasteiger partial charge in [-0.3, -0.25) is 9.59 Å². The van der Waals surface area contributed by atoms with E-state index in [2.05, 4.69) is 5.32 Å². The van der Waals surface area contributed by atoms with Crippen molar-refractivity contribution >= 4 is 11.9 Å². The van der Waals surface area contributed by atoms with Crippen molar-refractivity contribution in [3.05, 3.63) is 53.3 Å². The molecule has 0 aliphatic carbocycles. The van der Waals surface area contributed by atoms with Crippen molar-refractivity contribution < 1.29 is 32.9 Å². The van der Waals surface area contributed by atoms with E-state index in [1.54, 1.807) is 24.3 Å². The summed E-state index contributed by atoms with van der Waals surface area (Å²) in [6.45, 7) is 0.0257. The molecule has 1 N–H and O–H groups in total. The lowest BCUT2D eigenvalue weighted by atomic mass is 10.1. The minimum atomic E-state index is -0.627. The first-order valence-electron chi connectivity index (χ1n) is 8.18. The molecule has 8 heteroatoms. The first-order chi connectivity index (χ1) is 13.0. The van der Waals surface area contributed by atoms with Gasteiger partial charge in [0.05, 0.1) is 13.5 Å². The quantitative estimate of drug-likeness (QED) is 0.745. The molecule has 0 saturated carbocycles. The Morgan fingerprint density at radius 2 is 1.89 bits per heavy atom.